The summed E-state index contributed by atoms with van der Waals surface area (Å²) in [5, 5.41) is 7.49. The van der Waals surface area contributed by atoms with Crippen molar-refractivity contribution in [2.24, 2.45) is 14.1 Å². The number of methoxy groups -OCH3 is 2. The molecule has 1 fully saturated rings. The molecule has 0 aliphatic heterocycles. The summed E-state index contributed by atoms with van der Waals surface area (Å²) in [6, 6.07) is 1.91. The van der Waals surface area contributed by atoms with Gasteiger partial charge in [-0.1, -0.05) is 0 Å². The lowest BCUT2D eigenvalue weighted by Gasteiger charge is -2.12. The number of aromatic nitrogens is 7. The first-order chi connectivity index (χ1) is 17.5. The van der Waals surface area contributed by atoms with Crippen LogP contribution in [0.25, 0.3) is 16.7 Å². The van der Waals surface area contributed by atoms with Crippen LogP contribution in [0.1, 0.15) is 24.3 Å². The molecule has 0 bridgehead atoms. The van der Waals surface area contributed by atoms with Crippen molar-refractivity contribution in [3.8, 4) is 23.1 Å². The molecule has 0 unspecified atom stereocenters. The van der Waals surface area contributed by atoms with Gasteiger partial charge in [0.1, 0.15) is 16.7 Å². The van der Waals surface area contributed by atoms with Crippen molar-refractivity contribution >= 4 is 28.3 Å². The van der Waals surface area contributed by atoms with E-state index in [1.165, 1.54) is 0 Å². The number of fused-ring (bicyclic) bond motifs is 2. The van der Waals surface area contributed by atoms with Gasteiger partial charge in [-0.15, -0.1) is 0 Å². The molecule has 1 saturated carbocycles. The van der Waals surface area contributed by atoms with Gasteiger partial charge in [0, 0.05) is 20.3 Å². The van der Waals surface area contributed by atoms with Crippen molar-refractivity contribution in [1.82, 2.24) is 33.7 Å². The maximum Gasteiger partial charge on any atom is 0.274 e. The molecule has 1 aliphatic carbocycles. The zero-order valence-corrected chi connectivity index (χ0v) is 20.2. The van der Waals surface area contributed by atoms with E-state index in [0.717, 1.165) is 18.4 Å². The van der Waals surface area contributed by atoms with Gasteiger partial charge in [0.25, 0.3) is 5.56 Å². The number of aryl methyl sites for hydroxylation is 2. The number of nitrogens with one attached hydrogen (secondary N) is 1. The van der Waals surface area contributed by atoms with E-state index in [9.17, 15) is 4.79 Å². The third kappa shape index (κ3) is 3.58. The lowest BCUT2D eigenvalue weighted by molar-refractivity contribution is 0.381. The summed E-state index contributed by atoms with van der Waals surface area (Å²) in [5.74, 6) is 2.72. The Hall–Kier alpha value is -4.61. The second-order valence-electron chi connectivity index (χ2n) is 8.70. The van der Waals surface area contributed by atoms with Crippen LogP contribution < -0.4 is 25.1 Å². The van der Waals surface area contributed by atoms with E-state index in [-0.39, 0.29) is 5.56 Å². The third-order valence-electron chi connectivity index (χ3n) is 6.30. The van der Waals surface area contributed by atoms with Crippen LogP contribution in [0.2, 0.25) is 0 Å². The molecule has 0 saturated heterocycles. The zero-order chi connectivity index (χ0) is 25.0. The van der Waals surface area contributed by atoms with E-state index in [2.05, 4.69) is 25.4 Å². The van der Waals surface area contributed by atoms with Gasteiger partial charge in [0.05, 0.1) is 39.0 Å². The molecule has 36 heavy (non-hydrogen) atoms. The molecule has 12 heteroatoms. The molecule has 6 rings (SSSR count). The van der Waals surface area contributed by atoms with E-state index in [0.29, 0.717) is 57.4 Å². The summed E-state index contributed by atoms with van der Waals surface area (Å²) in [7, 11) is 6.68. The molecular weight excluding hydrogens is 464 g/mol. The van der Waals surface area contributed by atoms with Gasteiger partial charge in [-0.3, -0.25) is 4.79 Å². The van der Waals surface area contributed by atoms with Crippen molar-refractivity contribution < 1.29 is 14.2 Å². The minimum absolute atomic E-state index is 0.131. The van der Waals surface area contributed by atoms with Crippen LogP contribution >= 0.6 is 0 Å². The van der Waals surface area contributed by atoms with Crippen molar-refractivity contribution in [3.63, 3.8) is 0 Å². The molecule has 0 aromatic carbocycles. The fourth-order valence-corrected chi connectivity index (χ4v) is 4.24. The maximum atomic E-state index is 12.8. The van der Waals surface area contributed by atoms with Crippen molar-refractivity contribution in [1.29, 1.82) is 0 Å². The van der Waals surface area contributed by atoms with Crippen molar-refractivity contribution in [2.75, 3.05) is 19.5 Å². The number of anilines is 2. The van der Waals surface area contributed by atoms with E-state index in [1.807, 2.05) is 19.3 Å². The standard InChI is InChI=1S/C24H24N8O4/c1-30-11-14(13-5-6-13)7-15(23(30)33)28-24-29-22-20(31(24)2)21(35-4)18(9-26-22)36-17-10-27-32-12-19(34-3)25-8-16(17)32/h7-13H,5-6H2,1-4H3,(H,26,28,29). The number of hydrogen-bond donors (Lipinski definition) is 1. The molecule has 0 atom stereocenters. The van der Waals surface area contributed by atoms with E-state index < -0.39 is 0 Å². The molecule has 0 amide bonds. The second kappa shape index (κ2) is 8.26. The lowest BCUT2D eigenvalue weighted by atomic mass is 10.2. The minimum atomic E-state index is -0.131. The SMILES string of the molecule is COc1cn2ncc(Oc3cnc4nc(Nc5cc(C6CC6)cn(C)c5=O)n(C)c4c3OC)c2cn1. The highest BCUT2D eigenvalue weighted by Crippen LogP contribution is 2.41. The summed E-state index contributed by atoms with van der Waals surface area (Å²) in [5.41, 5.74) is 3.19. The molecule has 5 aromatic heterocycles. The van der Waals surface area contributed by atoms with Crippen molar-refractivity contribution in [2.45, 2.75) is 18.8 Å². The Labute approximate surface area is 205 Å². The van der Waals surface area contributed by atoms with E-state index in [4.69, 9.17) is 14.2 Å². The summed E-state index contributed by atoms with van der Waals surface area (Å²) >= 11 is 0. The Bertz CT molecular complexity index is 1680. The number of hydrogen-bond acceptors (Lipinski definition) is 9. The molecule has 12 nitrogen and oxygen atoms in total. The maximum absolute atomic E-state index is 12.8. The van der Waals surface area contributed by atoms with E-state index >= 15 is 0 Å². The van der Waals surface area contributed by atoms with Gasteiger partial charge in [0.2, 0.25) is 11.8 Å². The first kappa shape index (κ1) is 21.9. The zero-order valence-electron chi connectivity index (χ0n) is 20.2. The smallest absolute Gasteiger partial charge is 0.274 e. The summed E-state index contributed by atoms with van der Waals surface area (Å²) in [6.45, 7) is 0. The highest BCUT2D eigenvalue weighted by atomic mass is 16.5. The highest BCUT2D eigenvalue weighted by Gasteiger charge is 2.26. The topological polar surface area (TPSA) is 123 Å². The third-order valence-corrected chi connectivity index (χ3v) is 6.30. The monoisotopic (exact) mass is 488 g/mol. The van der Waals surface area contributed by atoms with Gasteiger partial charge < -0.3 is 28.7 Å². The van der Waals surface area contributed by atoms with Gasteiger partial charge in [0.15, 0.2) is 22.9 Å². The number of imidazole rings is 1. The largest absolute Gasteiger partial charge is 0.491 e. The molecule has 1 N–H and O–H groups in total. The number of nitrogens with zero attached hydrogens (tertiary/aromatic N) is 7. The van der Waals surface area contributed by atoms with Crippen LogP contribution in [0.5, 0.6) is 23.1 Å². The summed E-state index contributed by atoms with van der Waals surface area (Å²) in [6.07, 6.45) is 10.6. The summed E-state index contributed by atoms with van der Waals surface area (Å²) in [4.78, 5) is 26.1. The van der Waals surface area contributed by atoms with Crippen LogP contribution in [0.4, 0.5) is 11.6 Å². The summed E-state index contributed by atoms with van der Waals surface area (Å²) < 4.78 is 22.0. The molecule has 184 valence electrons. The van der Waals surface area contributed by atoms with Gasteiger partial charge in [-0.05, 0) is 30.4 Å². The van der Waals surface area contributed by atoms with Gasteiger partial charge in [-0.2, -0.15) is 10.1 Å². The number of pyridine rings is 2. The van der Waals surface area contributed by atoms with Gasteiger partial charge >= 0.3 is 0 Å². The minimum Gasteiger partial charge on any atom is -0.491 e. The van der Waals surface area contributed by atoms with Crippen LogP contribution in [0, 0.1) is 0 Å². The Morgan fingerprint density at radius 3 is 2.61 bits per heavy atom. The Morgan fingerprint density at radius 1 is 1.03 bits per heavy atom. The van der Waals surface area contributed by atoms with Crippen LogP contribution in [0.15, 0.2) is 41.8 Å². The van der Waals surface area contributed by atoms with Crippen LogP contribution in [-0.2, 0) is 14.1 Å². The average Bonchev–Trinajstić information content (AvgIpc) is 3.60. The fraction of sp³-hybridized carbons (Fsp3) is 0.292. The molecule has 1 aliphatic rings. The Balaban J connectivity index is 1.38. The number of ether oxygens (including phenoxy) is 3. The average molecular weight is 489 g/mol. The lowest BCUT2D eigenvalue weighted by Crippen LogP contribution is -2.20. The molecule has 5 heterocycles. The quantitative estimate of drug-likeness (QED) is 0.368. The normalized spacial score (nSPS) is 13.3. The Morgan fingerprint density at radius 2 is 1.86 bits per heavy atom. The van der Waals surface area contributed by atoms with Crippen LogP contribution in [0.3, 0.4) is 0 Å². The second-order valence-corrected chi connectivity index (χ2v) is 8.70. The Kier molecular flexibility index (Phi) is 5.02. The van der Waals surface area contributed by atoms with Crippen LogP contribution in [-0.4, -0.2) is 47.9 Å². The predicted molar refractivity (Wildman–Crippen MR) is 132 cm³/mol. The van der Waals surface area contributed by atoms with E-state index in [1.54, 1.807) is 59.7 Å². The first-order valence-corrected chi connectivity index (χ1v) is 11.4. The molecule has 0 radical (unpaired) electrons. The highest BCUT2D eigenvalue weighted by molar-refractivity contribution is 5.85. The molecule has 5 aromatic rings. The van der Waals surface area contributed by atoms with Crippen molar-refractivity contribution in [3.05, 3.63) is 53.0 Å². The molecular formula is C24H24N8O4. The first-order valence-electron chi connectivity index (χ1n) is 11.4. The predicted octanol–water partition coefficient (Wildman–Crippen LogP) is 3.14. The fourth-order valence-electron chi connectivity index (χ4n) is 4.24. The number of rotatable bonds is 7. The van der Waals surface area contributed by atoms with Gasteiger partial charge in [-0.25, -0.2) is 14.5 Å². The molecule has 0 spiro atoms.